The molecule has 1 saturated heterocycles. The third-order valence-electron chi connectivity index (χ3n) is 6.73. The lowest BCUT2D eigenvalue weighted by atomic mass is 10.00. The number of carbonyl (C=O) groups is 3. The number of carbonyl (C=O) groups excluding carboxylic acids is 3. The minimum Gasteiger partial charge on any atom is -0.349 e. The Morgan fingerprint density at radius 2 is 1.53 bits per heavy atom. The van der Waals surface area contributed by atoms with Crippen LogP contribution in [0, 0.1) is 0 Å². The molecule has 2 N–H and O–H groups in total. The van der Waals surface area contributed by atoms with Crippen LogP contribution in [0.4, 0.5) is 0 Å². The number of ketones is 1. The van der Waals surface area contributed by atoms with Gasteiger partial charge in [-0.25, -0.2) is 0 Å². The zero-order chi connectivity index (χ0) is 26.7. The molecule has 4 rings (SSSR count). The molecule has 0 spiro atoms. The largest absolute Gasteiger partial charge is 0.349 e. The summed E-state index contributed by atoms with van der Waals surface area (Å²) in [4.78, 5) is 40.1. The van der Waals surface area contributed by atoms with Gasteiger partial charge in [0, 0.05) is 19.0 Å². The highest BCUT2D eigenvalue weighted by atomic mass is 16.2. The summed E-state index contributed by atoms with van der Waals surface area (Å²) < 4.78 is 0. The van der Waals surface area contributed by atoms with E-state index >= 15 is 0 Å². The van der Waals surface area contributed by atoms with Crippen LogP contribution >= 0.6 is 0 Å². The maximum absolute atomic E-state index is 13.3. The Morgan fingerprint density at radius 1 is 0.842 bits per heavy atom. The molecule has 1 heterocycles. The molecule has 1 aliphatic rings. The summed E-state index contributed by atoms with van der Waals surface area (Å²) in [5, 5.41) is 5.45. The molecule has 3 aromatic rings. The van der Waals surface area contributed by atoms with Gasteiger partial charge in [0.1, 0.15) is 0 Å². The lowest BCUT2D eigenvalue weighted by Crippen LogP contribution is -2.46. The summed E-state index contributed by atoms with van der Waals surface area (Å²) in [5.74, 6) is -0.870. The fraction of sp³-hybridized carbons (Fsp3) is 0.281. The van der Waals surface area contributed by atoms with E-state index in [2.05, 4.69) is 39.8 Å². The van der Waals surface area contributed by atoms with E-state index in [-0.39, 0.29) is 24.1 Å². The van der Waals surface area contributed by atoms with Crippen LogP contribution in [0.1, 0.15) is 52.4 Å². The summed E-state index contributed by atoms with van der Waals surface area (Å²) in [6, 6.07) is 24.6. The van der Waals surface area contributed by atoms with Crippen LogP contribution in [0.15, 0.2) is 78.9 Å². The molecule has 196 valence electrons. The van der Waals surface area contributed by atoms with Gasteiger partial charge in [0.2, 0.25) is 5.91 Å². The van der Waals surface area contributed by atoms with Crippen LogP contribution in [-0.4, -0.2) is 48.2 Å². The molecule has 1 aliphatic heterocycles. The van der Waals surface area contributed by atoms with Crippen LogP contribution in [0.2, 0.25) is 0 Å². The zero-order valence-corrected chi connectivity index (χ0v) is 21.9. The topological polar surface area (TPSA) is 78.5 Å². The second-order valence-corrected chi connectivity index (χ2v) is 9.74. The van der Waals surface area contributed by atoms with E-state index in [1.807, 2.05) is 60.7 Å². The van der Waals surface area contributed by atoms with Gasteiger partial charge in [-0.1, -0.05) is 84.9 Å². The molecule has 6 nitrogen and oxygen atoms in total. The number of nitrogens with zero attached hydrogens (tertiary/aromatic N) is 1. The number of Topliss-reactive ketones (excluding diaryl/α,β-unsaturated/α-hetero) is 1. The third kappa shape index (κ3) is 7.98. The fourth-order valence-electron chi connectivity index (χ4n) is 4.63. The number of hydrogen-bond donors (Lipinski definition) is 2. The van der Waals surface area contributed by atoms with Crippen molar-refractivity contribution in [3.8, 4) is 0 Å². The quantitative estimate of drug-likeness (QED) is 0.373. The summed E-state index contributed by atoms with van der Waals surface area (Å²) in [6.07, 6.45) is 6.83. The number of likely N-dealkylation sites (tertiary alicyclic amines) is 1. The number of amides is 2. The molecule has 0 unspecified atom stereocenters. The first-order chi connectivity index (χ1) is 18.5. The van der Waals surface area contributed by atoms with E-state index in [9.17, 15) is 14.4 Å². The van der Waals surface area contributed by atoms with Gasteiger partial charge in [-0.15, -0.1) is 0 Å². The molecular formula is C32H35N3O3. The molecule has 3 aromatic carbocycles. The number of benzene rings is 3. The van der Waals surface area contributed by atoms with Crippen molar-refractivity contribution in [3.05, 3.63) is 107 Å². The summed E-state index contributed by atoms with van der Waals surface area (Å²) >= 11 is 0. The zero-order valence-electron chi connectivity index (χ0n) is 21.9. The van der Waals surface area contributed by atoms with E-state index in [0.717, 1.165) is 23.2 Å². The molecule has 2 amide bonds. The van der Waals surface area contributed by atoms with Gasteiger partial charge < -0.3 is 10.6 Å². The molecule has 0 radical (unpaired) electrons. The maximum atomic E-state index is 13.3. The molecule has 0 saturated carbocycles. The second-order valence-electron chi connectivity index (χ2n) is 9.74. The SMILES string of the molecule is CC(=O)NCC(=O)[C@H](Cc1ccccc1)NC(=O)c1ccccc1C=Cc1ccc(CN2CCCC2)cc1. The monoisotopic (exact) mass is 509 g/mol. The van der Waals surface area contributed by atoms with E-state index in [1.165, 1.54) is 38.4 Å². The molecular weight excluding hydrogens is 474 g/mol. The van der Waals surface area contributed by atoms with Crippen molar-refractivity contribution in [2.45, 2.75) is 38.8 Å². The van der Waals surface area contributed by atoms with Gasteiger partial charge in [-0.05, 0) is 60.7 Å². The number of hydrogen-bond acceptors (Lipinski definition) is 4. The van der Waals surface area contributed by atoms with Crippen LogP contribution < -0.4 is 10.6 Å². The Hall–Kier alpha value is -4.03. The normalized spacial score (nSPS) is 14.3. The summed E-state index contributed by atoms with van der Waals surface area (Å²) in [6.45, 7) is 4.55. The highest BCUT2D eigenvalue weighted by Gasteiger charge is 2.23. The highest BCUT2D eigenvalue weighted by molar-refractivity contribution is 6.01. The maximum Gasteiger partial charge on any atom is 0.252 e. The van der Waals surface area contributed by atoms with E-state index in [1.54, 1.807) is 6.07 Å². The molecule has 38 heavy (non-hydrogen) atoms. The number of rotatable bonds is 11. The predicted octanol–water partition coefficient (Wildman–Crippen LogP) is 4.50. The van der Waals surface area contributed by atoms with Crippen molar-refractivity contribution < 1.29 is 14.4 Å². The third-order valence-corrected chi connectivity index (χ3v) is 6.73. The lowest BCUT2D eigenvalue weighted by molar-refractivity contribution is -0.124. The van der Waals surface area contributed by atoms with Crippen LogP contribution in [-0.2, 0) is 22.6 Å². The highest BCUT2D eigenvalue weighted by Crippen LogP contribution is 2.17. The molecule has 6 heteroatoms. The minimum absolute atomic E-state index is 0.136. The first-order valence-corrected chi connectivity index (χ1v) is 13.2. The smallest absolute Gasteiger partial charge is 0.252 e. The molecule has 1 fully saturated rings. The minimum atomic E-state index is -0.767. The van der Waals surface area contributed by atoms with Gasteiger partial charge in [0.25, 0.3) is 5.91 Å². The lowest BCUT2D eigenvalue weighted by Gasteiger charge is -2.19. The predicted molar refractivity (Wildman–Crippen MR) is 151 cm³/mol. The van der Waals surface area contributed by atoms with Gasteiger partial charge >= 0.3 is 0 Å². The fourth-order valence-corrected chi connectivity index (χ4v) is 4.63. The van der Waals surface area contributed by atoms with E-state index < -0.39 is 6.04 Å². The van der Waals surface area contributed by atoms with Crippen LogP contribution in [0.25, 0.3) is 12.2 Å². The van der Waals surface area contributed by atoms with Crippen LogP contribution in [0.5, 0.6) is 0 Å². The Bertz CT molecular complexity index is 1260. The number of nitrogens with one attached hydrogen (secondary N) is 2. The first-order valence-electron chi connectivity index (χ1n) is 13.2. The Morgan fingerprint density at radius 3 is 2.24 bits per heavy atom. The van der Waals surface area contributed by atoms with Crippen molar-refractivity contribution >= 4 is 29.7 Å². The van der Waals surface area contributed by atoms with Gasteiger partial charge in [-0.2, -0.15) is 0 Å². The standard InChI is InChI=1S/C32H35N3O3/c1-24(36)33-22-31(37)30(21-26-9-3-2-4-10-26)34-32(38)29-12-6-5-11-28(29)18-17-25-13-15-27(16-14-25)23-35-19-7-8-20-35/h2-6,9-18,30H,7-8,19-23H2,1H3,(H,33,36)(H,34,38)/t30-/m0/s1. The van der Waals surface area contributed by atoms with Crippen LogP contribution in [0.3, 0.4) is 0 Å². The first kappa shape index (κ1) is 27.0. The van der Waals surface area contributed by atoms with Crippen molar-refractivity contribution in [2.75, 3.05) is 19.6 Å². The van der Waals surface area contributed by atoms with Crippen molar-refractivity contribution in [1.29, 1.82) is 0 Å². The molecule has 1 atom stereocenters. The Labute approximate surface area is 224 Å². The van der Waals surface area contributed by atoms with Gasteiger partial charge in [-0.3, -0.25) is 19.3 Å². The average Bonchev–Trinajstić information content (AvgIpc) is 3.45. The Kier molecular flexibility index (Phi) is 9.59. The molecule has 0 bridgehead atoms. The van der Waals surface area contributed by atoms with Crippen molar-refractivity contribution in [2.24, 2.45) is 0 Å². The molecule has 0 aromatic heterocycles. The van der Waals surface area contributed by atoms with E-state index in [4.69, 9.17) is 0 Å². The Balaban J connectivity index is 1.46. The van der Waals surface area contributed by atoms with Gasteiger partial charge in [0.15, 0.2) is 5.78 Å². The van der Waals surface area contributed by atoms with Gasteiger partial charge in [0.05, 0.1) is 12.6 Å². The van der Waals surface area contributed by atoms with Crippen molar-refractivity contribution in [3.63, 3.8) is 0 Å². The summed E-state index contributed by atoms with van der Waals surface area (Å²) in [7, 11) is 0. The van der Waals surface area contributed by atoms with E-state index in [0.29, 0.717) is 12.0 Å². The second kappa shape index (κ2) is 13.5. The van der Waals surface area contributed by atoms with Crippen molar-refractivity contribution in [1.82, 2.24) is 15.5 Å². The summed E-state index contributed by atoms with van der Waals surface area (Å²) in [5.41, 5.74) is 4.53. The molecule has 0 aliphatic carbocycles. The average molecular weight is 510 g/mol.